The smallest absolute Gasteiger partial charge is 0.166 e. The van der Waals surface area contributed by atoms with E-state index in [0.717, 1.165) is 27.5 Å². The molecule has 4 heteroatoms. The van der Waals surface area contributed by atoms with Gasteiger partial charge < -0.3 is 5.73 Å². The Morgan fingerprint density at radius 2 is 1.67 bits per heavy atom. The fourth-order valence-electron chi connectivity index (χ4n) is 1.98. The van der Waals surface area contributed by atoms with Crippen molar-refractivity contribution >= 4 is 17.3 Å². The van der Waals surface area contributed by atoms with E-state index < -0.39 is 0 Å². The van der Waals surface area contributed by atoms with Crippen LogP contribution in [-0.4, -0.2) is 0 Å². The Bertz CT molecular complexity index is 679. The van der Waals surface area contributed by atoms with Gasteiger partial charge in [-0.25, -0.2) is 0 Å². The Morgan fingerprint density at radius 3 is 2.33 bits per heavy atom. The molecule has 2 aromatic carbocycles. The number of halogens is 1. The largest absolute Gasteiger partial charge is 0.398 e. The van der Waals surface area contributed by atoms with E-state index in [2.05, 4.69) is 9.98 Å². The number of nitrogens with two attached hydrogens (primary N) is 1. The average Bonchev–Trinajstić information content (AvgIpc) is 2.73. The van der Waals surface area contributed by atoms with E-state index in [1.54, 1.807) is 0 Å². The number of fused-ring (bicyclic) bond motifs is 1. The Balaban J connectivity index is 2.09. The highest BCUT2D eigenvalue weighted by molar-refractivity contribution is 6.30. The molecule has 0 aromatic heterocycles. The lowest BCUT2D eigenvalue weighted by atomic mass is 10.2. The first-order valence-corrected chi connectivity index (χ1v) is 6.08. The number of nitrogens with zero attached hydrogens (tertiary/aromatic N) is 2. The van der Waals surface area contributed by atoms with Gasteiger partial charge in [0.25, 0.3) is 0 Å². The first-order chi connectivity index (χ1) is 8.63. The van der Waals surface area contributed by atoms with Crippen molar-refractivity contribution in [3.05, 3.63) is 63.3 Å². The molecular weight excluding hydrogens is 246 g/mol. The monoisotopic (exact) mass is 257 g/mol. The number of anilines is 1. The van der Waals surface area contributed by atoms with Crippen molar-refractivity contribution in [2.24, 2.45) is 9.98 Å². The van der Waals surface area contributed by atoms with Crippen LogP contribution in [0.5, 0.6) is 0 Å². The molecule has 90 valence electrons. The summed E-state index contributed by atoms with van der Waals surface area (Å²) in [4.78, 5) is 9.15. The molecule has 0 saturated heterocycles. The van der Waals surface area contributed by atoms with Gasteiger partial charge in [0.05, 0.1) is 10.7 Å². The summed E-state index contributed by atoms with van der Waals surface area (Å²) in [5, 5.41) is 2.48. The van der Waals surface area contributed by atoms with Crippen molar-refractivity contribution < 1.29 is 0 Å². The summed E-state index contributed by atoms with van der Waals surface area (Å²) >= 11 is 5.87. The van der Waals surface area contributed by atoms with Crippen LogP contribution in [0.1, 0.15) is 17.3 Å². The van der Waals surface area contributed by atoms with Crippen molar-refractivity contribution in [2.45, 2.75) is 13.1 Å². The van der Waals surface area contributed by atoms with Crippen LogP contribution in [0.3, 0.4) is 0 Å². The maximum Gasteiger partial charge on any atom is 0.166 e. The van der Waals surface area contributed by atoms with Crippen LogP contribution < -0.4 is 16.4 Å². The minimum absolute atomic E-state index is 0.182. The van der Waals surface area contributed by atoms with Gasteiger partial charge >= 0.3 is 0 Å². The van der Waals surface area contributed by atoms with Crippen molar-refractivity contribution in [3.63, 3.8) is 0 Å². The highest BCUT2D eigenvalue weighted by Crippen LogP contribution is 2.21. The van der Waals surface area contributed by atoms with E-state index in [1.165, 1.54) is 0 Å². The van der Waals surface area contributed by atoms with Crippen LogP contribution >= 0.6 is 11.6 Å². The SMILES string of the molecule is Cc1cc2c(cc1N)=N[C@H](c1ccc(Cl)cc1)N=2. The molecule has 3 nitrogen and oxygen atoms in total. The van der Waals surface area contributed by atoms with E-state index >= 15 is 0 Å². The third kappa shape index (κ3) is 1.87. The maximum atomic E-state index is 5.88. The molecule has 0 unspecified atom stereocenters. The second-order valence-corrected chi connectivity index (χ2v) is 4.82. The Hall–Kier alpha value is -1.87. The number of hydrogen-bond acceptors (Lipinski definition) is 3. The third-order valence-corrected chi connectivity index (χ3v) is 3.31. The van der Waals surface area contributed by atoms with E-state index in [9.17, 15) is 0 Å². The molecule has 18 heavy (non-hydrogen) atoms. The summed E-state index contributed by atoms with van der Waals surface area (Å²) in [6.07, 6.45) is -0.182. The van der Waals surface area contributed by atoms with Crippen molar-refractivity contribution in [1.82, 2.24) is 0 Å². The summed E-state index contributed by atoms with van der Waals surface area (Å²) in [7, 11) is 0. The maximum absolute atomic E-state index is 5.88. The fraction of sp³-hybridized carbons (Fsp3) is 0.143. The van der Waals surface area contributed by atoms with Gasteiger partial charge in [-0.15, -0.1) is 0 Å². The molecule has 3 rings (SSSR count). The molecule has 0 amide bonds. The van der Waals surface area contributed by atoms with Crippen LogP contribution in [0.15, 0.2) is 46.4 Å². The number of benzene rings is 2. The van der Waals surface area contributed by atoms with Gasteiger partial charge in [-0.2, -0.15) is 0 Å². The normalized spacial score (nSPS) is 16.9. The number of hydrogen-bond donors (Lipinski definition) is 1. The minimum Gasteiger partial charge on any atom is -0.398 e. The van der Waals surface area contributed by atoms with Gasteiger partial charge in [-0.1, -0.05) is 23.7 Å². The summed E-state index contributed by atoms with van der Waals surface area (Å²) in [5.41, 5.74) is 8.70. The van der Waals surface area contributed by atoms with Gasteiger partial charge in [-0.05, 0) is 42.3 Å². The molecular formula is C14H12ClN3. The molecule has 0 spiro atoms. The van der Waals surface area contributed by atoms with Gasteiger partial charge in [0.1, 0.15) is 0 Å². The Kier molecular flexibility index (Phi) is 2.56. The van der Waals surface area contributed by atoms with Crippen molar-refractivity contribution in [3.8, 4) is 0 Å². The second-order valence-electron chi connectivity index (χ2n) is 4.38. The van der Waals surface area contributed by atoms with Crippen LogP contribution in [0.25, 0.3) is 0 Å². The van der Waals surface area contributed by atoms with Crippen LogP contribution in [0, 0.1) is 6.92 Å². The summed E-state index contributed by atoms with van der Waals surface area (Å²) < 4.78 is 0. The zero-order chi connectivity index (χ0) is 12.7. The molecule has 0 fully saturated rings. The topological polar surface area (TPSA) is 50.7 Å². The predicted molar refractivity (Wildman–Crippen MR) is 72.1 cm³/mol. The molecule has 1 heterocycles. The van der Waals surface area contributed by atoms with Gasteiger partial charge in [0.15, 0.2) is 6.17 Å². The van der Waals surface area contributed by atoms with E-state index in [0.29, 0.717) is 5.02 Å². The van der Waals surface area contributed by atoms with Crippen molar-refractivity contribution in [2.75, 3.05) is 5.73 Å². The van der Waals surface area contributed by atoms with E-state index in [-0.39, 0.29) is 6.17 Å². The van der Waals surface area contributed by atoms with Gasteiger partial charge in [-0.3, -0.25) is 9.98 Å². The molecule has 0 saturated carbocycles. The number of nitrogen functional groups attached to an aromatic ring is 1. The first kappa shape index (κ1) is 11.2. The van der Waals surface area contributed by atoms with Crippen LogP contribution in [0.2, 0.25) is 5.02 Å². The molecule has 1 aliphatic rings. The molecule has 0 bridgehead atoms. The highest BCUT2D eigenvalue weighted by atomic mass is 35.5. The first-order valence-electron chi connectivity index (χ1n) is 5.71. The zero-order valence-electron chi connectivity index (χ0n) is 9.89. The van der Waals surface area contributed by atoms with Crippen molar-refractivity contribution in [1.29, 1.82) is 0 Å². The molecule has 1 aliphatic heterocycles. The van der Waals surface area contributed by atoms with Crippen LogP contribution in [-0.2, 0) is 0 Å². The van der Waals surface area contributed by atoms with Crippen LogP contribution in [0.4, 0.5) is 5.69 Å². The summed E-state index contributed by atoms with van der Waals surface area (Å²) in [6.45, 7) is 1.97. The van der Waals surface area contributed by atoms with Gasteiger partial charge in [0.2, 0.25) is 0 Å². The van der Waals surface area contributed by atoms with E-state index in [1.807, 2.05) is 43.3 Å². The molecule has 0 aliphatic carbocycles. The zero-order valence-corrected chi connectivity index (χ0v) is 10.6. The fourth-order valence-corrected chi connectivity index (χ4v) is 2.11. The van der Waals surface area contributed by atoms with E-state index in [4.69, 9.17) is 17.3 Å². The number of aryl methyl sites for hydroxylation is 1. The quantitative estimate of drug-likeness (QED) is 0.783. The Morgan fingerprint density at radius 1 is 1.06 bits per heavy atom. The second kappa shape index (κ2) is 4.10. The van der Waals surface area contributed by atoms with Gasteiger partial charge in [0, 0.05) is 10.7 Å². The number of rotatable bonds is 1. The Labute approximate surface area is 110 Å². The lowest BCUT2D eigenvalue weighted by Gasteiger charge is -2.03. The molecule has 2 N–H and O–H groups in total. The average molecular weight is 258 g/mol. The lowest BCUT2D eigenvalue weighted by Crippen LogP contribution is -2.22. The molecule has 2 aromatic rings. The third-order valence-electron chi connectivity index (χ3n) is 3.05. The lowest BCUT2D eigenvalue weighted by molar-refractivity contribution is 0.771. The molecule has 1 atom stereocenters. The predicted octanol–water partition coefficient (Wildman–Crippen LogP) is 2.18. The summed E-state index contributed by atoms with van der Waals surface area (Å²) in [5.74, 6) is 0. The summed E-state index contributed by atoms with van der Waals surface area (Å²) in [6, 6.07) is 11.5. The highest BCUT2D eigenvalue weighted by Gasteiger charge is 2.13. The molecule has 0 radical (unpaired) electrons. The standard InChI is InChI=1S/C14H12ClN3/c1-8-6-12-13(7-11(8)16)18-14(17-12)9-2-4-10(15)5-3-9/h2-7,14H,16H2,1H3/t14-/m1/s1. The minimum atomic E-state index is -0.182.